The van der Waals surface area contributed by atoms with Crippen molar-refractivity contribution < 1.29 is 40.6 Å². The zero-order valence-corrected chi connectivity index (χ0v) is 19.0. The van der Waals surface area contributed by atoms with Gasteiger partial charge in [-0.1, -0.05) is 12.8 Å². The van der Waals surface area contributed by atoms with E-state index in [9.17, 15) is 31.1 Å². The van der Waals surface area contributed by atoms with Crippen molar-refractivity contribution in [3.63, 3.8) is 0 Å². The van der Waals surface area contributed by atoms with E-state index in [1.807, 2.05) is 0 Å². The molecule has 0 bridgehead atoms. The second kappa shape index (κ2) is 10.1. The van der Waals surface area contributed by atoms with E-state index in [1.54, 1.807) is 0 Å². The molecule has 0 amide bonds. The minimum Gasteiger partial charge on any atom is -0.426 e. The molecule has 0 radical (unpaired) electrons. The number of fused-ring (bicyclic) bond motifs is 1. The summed E-state index contributed by atoms with van der Waals surface area (Å²) in [5.41, 5.74) is -1.19. The van der Waals surface area contributed by atoms with Gasteiger partial charge < -0.3 is 9.47 Å². The lowest BCUT2D eigenvalue weighted by Crippen LogP contribution is -2.35. The smallest absolute Gasteiger partial charge is 0.426 e. The van der Waals surface area contributed by atoms with Gasteiger partial charge in [-0.3, -0.25) is 4.79 Å². The van der Waals surface area contributed by atoms with E-state index in [1.165, 1.54) is 5.92 Å². The van der Waals surface area contributed by atoms with E-state index in [2.05, 4.69) is 6.92 Å². The summed E-state index contributed by atoms with van der Waals surface area (Å²) in [5.74, 6) is -2.24. The summed E-state index contributed by atoms with van der Waals surface area (Å²) in [7, 11) is 0. The quantitative estimate of drug-likeness (QED) is 0.205. The van der Waals surface area contributed by atoms with Gasteiger partial charge in [0.2, 0.25) is 0 Å². The molecule has 1 heterocycles. The average Bonchev–Trinajstić information content (AvgIpc) is 2.78. The summed E-state index contributed by atoms with van der Waals surface area (Å²) in [6.45, 7) is 2.90. The minimum atomic E-state index is -4.97. The number of carbonyl (C=O) groups is 1. The first-order valence-corrected chi connectivity index (χ1v) is 11.6. The molecule has 1 saturated heterocycles. The van der Waals surface area contributed by atoms with Crippen LogP contribution in [-0.4, -0.2) is 24.9 Å². The lowest BCUT2D eigenvalue weighted by atomic mass is 9.77. The second-order valence-electron chi connectivity index (χ2n) is 9.39. The fourth-order valence-corrected chi connectivity index (χ4v) is 4.89. The van der Waals surface area contributed by atoms with E-state index in [0.717, 1.165) is 50.3 Å². The molecule has 188 valence electrons. The highest BCUT2D eigenvalue weighted by Crippen LogP contribution is 2.37. The Morgan fingerprint density at radius 1 is 1.00 bits per heavy atom. The van der Waals surface area contributed by atoms with Gasteiger partial charge in [0.1, 0.15) is 17.4 Å². The van der Waals surface area contributed by atoms with Gasteiger partial charge >= 0.3 is 12.1 Å². The standard InChI is InChI=1S/C26H24F6O3/c1-14-2-7-22(34-13-14)15-3-5-16(6-4-15)25(33)35-18-10-17-11-20(27)19(8-9-26(30,31)32)24(29)23(17)21(28)12-18/h10-12,14-16,22H,2-7,13H2,1H3. The summed E-state index contributed by atoms with van der Waals surface area (Å²) in [4.78, 5) is 12.7. The lowest BCUT2D eigenvalue weighted by molar-refractivity contribution is -0.141. The molecule has 2 aromatic rings. The number of rotatable bonds is 3. The Hall–Kier alpha value is -2.73. The number of carbonyl (C=O) groups excluding carboxylic acids is 1. The molecule has 1 saturated carbocycles. The summed E-state index contributed by atoms with van der Waals surface area (Å²) < 4.78 is 91.6. The Kier molecular flexibility index (Phi) is 7.32. The van der Waals surface area contributed by atoms with Crippen LogP contribution in [0.2, 0.25) is 0 Å². The Morgan fingerprint density at radius 3 is 2.34 bits per heavy atom. The van der Waals surface area contributed by atoms with Crippen LogP contribution in [0.15, 0.2) is 18.2 Å². The van der Waals surface area contributed by atoms with Gasteiger partial charge in [0.05, 0.1) is 23.0 Å². The first kappa shape index (κ1) is 25.4. The number of ether oxygens (including phenoxy) is 2. The molecule has 2 unspecified atom stereocenters. The zero-order chi connectivity index (χ0) is 25.3. The molecular formula is C26H24F6O3. The molecule has 3 nitrogen and oxygen atoms in total. The third-order valence-corrected chi connectivity index (χ3v) is 6.77. The van der Waals surface area contributed by atoms with E-state index < -0.39 is 40.5 Å². The largest absolute Gasteiger partial charge is 0.458 e. The van der Waals surface area contributed by atoms with Crippen LogP contribution in [0.3, 0.4) is 0 Å². The number of esters is 1. The van der Waals surface area contributed by atoms with Crippen molar-refractivity contribution in [3.8, 4) is 17.6 Å². The van der Waals surface area contributed by atoms with Crippen molar-refractivity contribution in [2.24, 2.45) is 17.8 Å². The topological polar surface area (TPSA) is 35.5 Å². The van der Waals surface area contributed by atoms with Crippen molar-refractivity contribution in [2.75, 3.05) is 6.61 Å². The first-order valence-electron chi connectivity index (χ1n) is 11.6. The molecule has 9 heteroatoms. The van der Waals surface area contributed by atoms with Gasteiger partial charge in [0.25, 0.3) is 0 Å². The van der Waals surface area contributed by atoms with Gasteiger partial charge in [-0.2, -0.15) is 13.2 Å². The maximum Gasteiger partial charge on any atom is 0.458 e. The fraction of sp³-hybridized carbons (Fsp3) is 0.500. The number of benzene rings is 2. The molecule has 2 aromatic carbocycles. The molecule has 1 aliphatic carbocycles. The summed E-state index contributed by atoms with van der Waals surface area (Å²) >= 11 is 0. The van der Waals surface area contributed by atoms with Crippen LogP contribution in [-0.2, 0) is 9.53 Å². The van der Waals surface area contributed by atoms with Crippen LogP contribution in [0.1, 0.15) is 51.0 Å². The van der Waals surface area contributed by atoms with Crippen molar-refractivity contribution >= 4 is 16.7 Å². The van der Waals surface area contributed by atoms with Crippen LogP contribution >= 0.6 is 0 Å². The van der Waals surface area contributed by atoms with Crippen LogP contribution in [0.25, 0.3) is 10.8 Å². The molecular weight excluding hydrogens is 474 g/mol. The Bertz CT molecular complexity index is 1160. The molecule has 35 heavy (non-hydrogen) atoms. The van der Waals surface area contributed by atoms with E-state index in [-0.39, 0.29) is 23.2 Å². The Labute approximate surface area is 198 Å². The van der Waals surface area contributed by atoms with Crippen molar-refractivity contribution in [3.05, 3.63) is 41.2 Å². The second-order valence-corrected chi connectivity index (χ2v) is 9.39. The molecule has 2 fully saturated rings. The number of hydrogen-bond acceptors (Lipinski definition) is 3. The van der Waals surface area contributed by atoms with Gasteiger partial charge in [0, 0.05) is 18.6 Å². The normalized spacial score (nSPS) is 25.1. The maximum atomic E-state index is 14.6. The maximum absolute atomic E-state index is 14.6. The van der Waals surface area contributed by atoms with Crippen LogP contribution in [0.5, 0.6) is 5.75 Å². The molecule has 4 rings (SSSR count). The predicted molar refractivity (Wildman–Crippen MR) is 116 cm³/mol. The van der Waals surface area contributed by atoms with Crippen LogP contribution < -0.4 is 4.74 Å². The SMILES string of the molecule is CC1CCC(C2CCC(C(=O)Oc3cc(F)c4c(F)c(C#CC(F)(F)F)c(F)cc4c3)CC2)OC1. The number of alkyl halides is 3. The van der Waals surface area contributed by atoms with Crippen LogP contribution in [0.4, 0.5) is 26.3 Å². The number of halogens is 6. The highest BCUT2D eigenvalue weighted by molar-refractivity contribution is 5.87. The van der Waals surface area contributed by atoms with E-state index in [0.29, 0.717) is 30.7 Å². The Morgan fingerprint density at radius 2 is 1.71 bits per heavy atom. The third-order valence-electron chi connectivity index (χ3n) is 6.77. The predicted octanol–water partition coefficient (Wildman–Crippen LogP) is 6.70. The van der Waals surface area contributed by atoms with E-state index in [4.69, 9.17) is 9.47 Å². The molecule has 1 aliphatic heterocycles. The third kappa shape index (κ3) is 5.92. The van der Waals surface area contributed by atoms with Crippen molar-refractivity contribution in [2.45, 2.75) is 57.7 Å². The molecule has 0 spiro atoms. The highest BCUT2D eigenvalue weighted by Gasteiger charge is 2.34. The van der Waals surface area contributed by atoms with Crippen LogP contribution in [0, 0.1) is 47.0 Å². The van der Waals surface area contributed by atoms with Gasteiger partial charge in [0.15, 0.2) is 5.82 Å². The molecule has 2 aliphatic rings. The highest BCUT2D eigenvalue weighted by atomic mass is 19.4. The minimum absolute atomic E-state index is 0.202. The van der Waals surface area contributed by atoms with Gasteiger partial charge in [-0.15, -0.1) is 0 Å². The summed E-state index contributed by atoms with van der Waals surface area (Å²) in [5, 5.41) is -1.03. The van der Waals surface area contributed by atoms with Gasteiger partial charge in [-0.05, 0) is 67.9 Å². The zero-order valence-electron chi connectivity index (χ0n) is 19.0. The van der Waals surface area contributed by atoms with Crippen molar-refractivity contribution in [1.29, 1.82) is 0 Å². The van der Waals surface area contributed by atoms with E-state index >= 15 is 0 Å². The average molecular weight is 498 g/mol. The Balaban J connectivity index is 1.46. The van der Waals surface area contributed by atoms with Crippen molar-refractivity contribution in [1.82, 2.24) is 0 Å². The lowest BCUT2D eigenvalue weighted by Gasteiger charge is -2.36. The summed E-state index contributed by atoms with van der Waals surface area (Å²) in [6.07, 6.45) is 0.177. The number of hydrogen-bond donors (Lipinski definition) is 0. The first-order chi connectivity index (χ1) is 16.5. The molecule has 2 atom stereocenters. The monoisotopic (exact) mass is 498 g/mol. The fourth-order valence-electron chi connectivity index (χ4n) is 4.89. The summed E-state index contributed by atoms with van der Waals surface area (Å²) in [6, 6.07) is 2.49. The molecule has 0 N–H and O–H groups in total. The molecule has 0 aromatic heterocycles. The van der Waals surface area contributed by atoms with Gasteiger partial charge in [-0.25, -0.2) is 13.2 Å².